The van der Waals surface area contributed by atoms with Crippen molar-refractivity contribution in [3.05, 3.63) is 34.2 Å². The first kappa shape index (κ1) is 13.9. The number of hydrogen-bond acceptors (Lipinski definition) is 4. The van der Waals surface area contributed by atoms with E-state index in [9.17, 15) is 4.79 Å². The van der Waals surface area contributed by atoms with E-state index in [-0.39, 0.29) is 5.91 Å². The molecule has 0 unspecified atom stereocenters. The Morgan fingerprint density at radius 1 is 1.43 bits per heavy atom. The van der Waals surface area contributed by atoms with Gasteiger partial charge in [-0.25, -0.2) is 0 Å². The minimum Gasteiger partial charge on any atom is -0.497 e. The maximum Gasteiger partial charge on any atom is 0.254 e. The molecule has 3 rings (SSSR count). The molecule has 1 aromatic heterocycles. The van der Waals surface area contributed by atoms with E-state index < -0.39 is 0 Å². The third-order valence-electron chi connectivity index (χ3n) is 3.78. The van der Waals surface area contributed by atoms with Crippen molar-refractivity contribution in [2.45, 2.75) is 19.8 Å². The summed E-state index contributed by atoms with van der Waals surface area (Å²) in [7, 11) is 1.67. The number of carbonyl (C=O) groups is 1. The summed E-state index contributed by atoms with van der Waals surface area (Å²) < 4.78 is 5.29. The number of benzene rings is 1. The molecule has 1 aliphatic rings. The van der Waals surface area contributed by atoms with Crippen molar-refractivity contribution < 1.29 is 9.53 Å². The normalized spacial score (nSPS) is 12.5. The zero-order valence-corrected chi connectivity index (χ0v) is 13.0. The average Bonchev–Trinajstić information content (AvgIpc) is 2.83. The summed E-state index contributed by atoms with van der Waals surface area (Å²) in [6.07, 6.45) is 1.87. The van der Waals surface area contributed by atoms with Gasteiger partial charge in [-0.05, 0) is 43.0 Å². The van der Waals surface area contributed by atoms with Gasteiger partial charge in [0.25, 0.3) is 5.91 Å². The number of thiophene rings is 1. The molecule has 2 aromatic rings. The summed E-state index contributed by atoms with van der Waals surface area (Å²) in [5.74, 6) is 0.760. The van der Waals surface area contributed by atoms with Crippen LogP contribution in [0.2, 0.25) is 0 Å². The van der Waals surface area contributed by atoms with Crippen molar-refractivity contribution in [2.24, 2.45) is 0 Å². The van der Waals surface area contributed by atoms with Gasteiger partial charge in [-0.3, -0.25) is 4.79 Å². The van der Waals surface area contributed by atoms with Crippen molar-refractivity contribution >= 4 is 22.2 Å². The minimum absolute atomic E-state index is 0.0869. The fourth-order valence-electron chi connectivity index (χ4n) is 2.83. The molecule has 4 nitrogen and oxygen atoms in total. The number of aryl methyl sites for hydroxylation is 2. The van der Waals surface area contributed by atoms with E-state index in [0.717, 1.165) is 29.7 Å². The number of methoxy groups -OCH3 is 1. The van der Waals surface area contributed by atoms with Crippen LogP contribution in [0.5, 0.6) is 5.75 Å². The van der Waals surface area contributed by atoms with Crippen molar-refractivity contribution in [3.8, 4) is 16.9 Å². The van der Waals surface area contributed by atoms with E-state index >= 15 is 0 Å². The largest absolute Gasteiger partial charge is 0.497 e. The molecule has 1 aromatic carbocycles. The fourth-order valence-corrected chi connectivity index (χ4v) is 3.91. The third-order valence-corrected chi connectivity index (χ3v) is 4.85. The van der Waals surface area contributed by atoms with Crippen LogP contribution in [0.25, 0.3) is 11.1 Å². The highest BCUT2D eigenvalue weighted by Crippen LogP contribution is 2.44. The van der Waals surface area contributed by atoms with Crippen molar-refractivity contribution in [3.63, 3.8) is 0 Å². The average molecular weight is 302 g/mol. The lowest BCUT2D eigenvalue weighted by molar-refractivity contribution is 0.0957. The van der Waals surface area contributed by atoms with E-state index in [1.165, 1.54) is 21.8 Å². The van der Waals surface area contributed by atoms with Gasteiger partial charge >= 0.3 is 0 Å². The van der Waals surface area contributed by atoms with E-state index in [0.29, 0.717) is 17.1 Å². The highest BCUT2D eigenvalue weighted by molar-refractivity contribution is 7.17. The quantitative estimate of drug-likeness (QED) is 0.916. The lowest BCUT2D eigenvalue weighted by Crippen LogP contribution is -2.24. The molecule has 0 saturated heterocycles. The topological polar surface area (TPSA) is 64.4 Å². The predicted molar refractivity (Wildman–Crippen MR) is 86.1 cm³/mol. The zero-order chi connectivity index (χ0) is 15.0. The summed E-state index contributed by atoms with van der Waals surface area (Å²) in [6, 6.07) is 6.01. The Balaban J connectivity index is 2.16. The van der Waals surface area contributed by atoms with Gasteiger partial charge in [0, 0.05) is 17.0 Å². The van der Waals surface area contributed by atoms with Crippen LogP contribution in [0.4, 0.5) is 5.00 Å². The van der Waals surface area contributed by atoms with E-state index in [2.05, 4.69) is 5.32 Å². The number of nitrogen functional groups attached to an aromatic ring is 1. The Kier molecular flexibility index (Phi) is 3.59. The lowest BCUT2D eigenvalue weighted by atomic mass is 9.88. The molecular formula is C16H18N2O2S. The molecule has 0 saturated carbocycles. The summed E-state index contributed by atoms with van der Waals surface area (Å²) in [6.45, 7) is 2.50. The molecule has 0 fully saturated rings. The van der Waals surface area contributed by atoms with Gasteiger partial charge in [0.2, 0.25) is 0 Å². The van der Waals surface area contributed by atoms with Gasteiger partial charge in [-0.15, -0.1) is 11.3 Å². The van der Waals surface area contributed by atoms with Crippen molar-refractivity contribution in [2.75, 3.05) is 19.4 Å². The van der Waals surface area contributed by atoms with E-state index in [1.807, 2.05) is 25.1 Å². The van der Waals surface area contributed by atoms with Gasteiger partial charge in [0.15, 0.2) is 0 Å². The molecule has 0 bridgehead atoms. The smallest absolute Gasteiger partial charge is 0.254 e. The first-order valence-electron chi connectivity index (χ1n) is 7.02. The zero-order valence-electron chi connectivity index (χ0n) is 12.2. The SMILES string of the molecule is CCNC(=O)c1c(N)sc2c1-c1ccc(OC)cc1CC2. The lowest BCUT2D eigenvalue weighted by Gasteiger charge is -2.18. The molecule has 1 aliphatic carbocycles. The van der Waals surface area contributed by atoms with E-state index in [1.54, 1.807) is 7.11 Å². The van der Waals surface area contributed by atoms with Crippen LogP contribution in [0, 0.1) is 0 Å². The predicted octanol–water partition coefficient (Wildman–Crippen LogP) is 2.85. The molecule has 3 N–H and O–H groups in total. The fraction of sp³-hybridized carbons (Fsp3) is 0.312. The molecule has 21 heavy (non-hydrogen) atoms. The van der Waals surface area contributed by atoms with Gasteiger partial charge in [-0.1, -0.05) is 6.07 Å². The first-order valence-corrected chi connectivity index (χ1v) is 7.84. The van der Waals surface area contributed by atoms with Gasteiger partial charge < -0.3 is 15.8 Å². The third kappa shape index (κ3) is 2.27. The molecule has 110 valence electrons. The molecule has 0 aliphatic heterocycles. The number of nitrogens with two attached hydrogens (primary N) is 1. The maximum atomic E-state index is 12.3. The van der Waals surface area contributed by atoms with Crippen molar-refractivity contribution in [1.82, 2.24) is 5.32 Å². The van der Waals surface area contributed by atoms with Crippen LogP contribution in [0.1, 0.15) is 27.7 Å². The number of rotatable bonds is 3. The van der Waals surface area contributed by atoms with Crippen LogP contribution in [0.15, 0.2) is 18.2 Å². The molecule has 5 heteroatoms. The molecular weight excluding hydrogens is 284 g/mol. The summed E-state index contributed by atoms with van der Waals surface area (Å²) in [5, 5.41) is 3.46. The Morgan fingerprint density at radius 2 is 2.24 bits per heavy atom. The second-order valence-corrected chi connectivity index (χ2v) is 6.16. The van der Waals surface area contributed by atoms with E-state index in [4.69, 9.17) is 10.5 Å². The first-order chi connectivity index (χ1) is 10.2. The highest BCUT2D eigenvalue weighted by Gasteiger charge is 2.27. The summed E-state index contributed by atoms with van der Waals surface area (Å²) >= 11 is 1.53. The summed E-state index contributed by atoms with van der Waals surface area (Å²) in [5.41, 5.74) is 10.0. The number of fused-ring (bicyclic) bond motifs is 3. The second kappa shape index (κ2) is 5.41. The van der Waals surface area contributed by atoms with Crippen LogP contribution in [0.3, 0.4) is 0 Å². The maximum absolute atomic E-state index is 12.3. The second-order valence-electron chi connectivity index (χ2n) is 5.02. The molecule has 0 atom stereocenters. The van der Waals surface area contributed by atoms with Gasteiger partial charge in [0.1, 0.15) is 5.75 Å². The monoisotopic (exact) mass is 302 g/mol. The van der Waals surface area contributed by atoms with Gasteiger partial charge in [-0.2, -0.15) is 0 Å². The summed E-state index contributed by atoms with van der Waals surface area (Å²) in [4.78, 5) is 13.5. The van der Waals surface area contributed by atoms with Crippen LogP contribution >= 0.6 is 11.3 Å². The number of anilines is 1. The van der Waals surface area contributed by atoms with Crippen LogP contribution in [-0.2, 0) is 12.8 Å². The molecule has 1 heterocycles. The molecule has 1 amide bonds. The van der Waals surface area contributed by atoms with Crippen LogP contribution < -0.4 is 15.8 Å². The number of carbonyl (C=O) groups excluding carboxylic acids is 1. The molecule has 0 radical (unpaired) electrons. The number of hydrogen-bond donors (Lipinski definition) is 2. The Morgan fingerprint density at radius 3 is 2.95 bits per heavy atom. The van der Waals surface area contributed by atoms with Crippen LogP contribution in [-0.4, -0.2) is 19.6 Å². The Hall–Kier alpha value is -2.01. The Labute approximate surface area is 127 Å². The standard InChI is InChI=1S/C16H18N2O2S/c1-3-18-16(19)14-13-11-6-5-10(20-2)8-9(11)4-7-12(13)21-15(14)17/h5-6,8H,3-4,7,17H2,1-2H3,(H,18,19). The van der Waals surface area contributed by atoms with Crippen molar-refractivity contribution in [1.29, 1.82) is 0 Å². The van der Waals surface area contributed by atoms with Gasteiger partial charge in [0.05, 0.1) is 17.7 Å². The Bertz CT molecular complexity index is 707. The number of ether oxygens (including phenoxy) is 1. The highest BCUT2D eigenvalue weighted by atomic mass is 32.1. The number of amides is 1. The molecule has 0 spiro atoms. The minimum atomic E-state index is -0.0869. The number of nitrogens with one attached hydrogen (secondary N) is 1.